The first-order valence-electron chi connectivity index (χ1n) is 5.33. The van der Waals surface area contributed by atoms with Crippen molar-refractivity contribution < 1.29 is 9.53 Å². The summed E-state index contributed by atoms with van der Waals surface area (Å²) < 4.78 is 5.08. The lowest BCUT2D eigenvalue weighted by molar-refractivity contribution is 0.0960. The predicted octanol–water partition coefficient (Wildman–Crippen LogP) is 1.40. The molecular formula is C13H12N4O2. The average Bonchev–Trinajstić information content (AvgIpc) is 2.47. The molecule has 0 heterocycles. The van der Waals surface area contributed by atoms with Gasteiger partial charge in [0.15, 0.2) is 0 Å². The van der Waals surface area contributed by atoms with Crippen molar-refractivity contribution in [3.8, 4) is 17.9 Å². The fraction of sp³-hybridized carbons (Fsp3) is 0.154. The van der Waals surface area contributed by atoms with E-state index in [2.05, 4.69) is 10.6 Å². The quantitative estimate of drug-likeness (QED) is 0.793. The van der Waals surface area contributed by atoms with Crippen LogP contribution in [0.25, 0.3) is 0 Å². The van der Waals surface area contributed by atoms with Gasteiger partial charge in [-0.25, -0.2) is 0 Å². The van der Waals surface area contributed by atoms with Crippen LogP contribution in [0.5, 0.6) is 5.75 Å². The van der Waals surface area contributed by atoms with Crippen LogP contribution >= 0.6 is 0 Å². The zero-order chi connectivity index (χ0) is 14.3. The van der Waals surface area contributed by atoms with E-state index < -0.39 is 0 Å². The summed E-state index contributed by atoms with van der Waals surface area (Å²) >= 11 is 0. The molecule has 0 aliphatic rings. The molecule has 0 saturated heterocycles. The van der Waals surface area contributed by atoms with E-state index in [1.807, 2.05) is 0 Å². The van der Waals surface area contributed by atoms with E-state index in [4.69, 9.17) is 15.3 Å². The van der Waals surface area contributed by atoms with Crippen LogP contribution < -0.4 is 15.4 Å². The zero-order valence-corrected chi connectivity index (χ0v) is 10.5. The maximum atomic E-state index is 11.7. The van der Waals surface area contributed by atoms with Gasteiger partial charge in [0.05, 0.1) is 12.7 Å². The monoisotopic (exact) mass is 256 g/mol. The Morgan fingerprint density at radius 2 is 2.05 bits per heavy atom. The standard InChI is InChI=1S/C13H12N4O2/c1-16-13(18)11-5-10(3-4-12(11)19-2)17-8-9(6-14)7-15/h3-5,8,17H,1-2H3,(H,16,18). The smallest absolute Gasteiger partial charge is 0.254 e. The van der Waals surface area contributed by atoms with Crippen LogP contribution in [0.1, 0.15) is 10.4 Å². The van der Waals surface area contributed by atoms with Crippen molar-refractivity contribution in [2.75, 3.05) is 19.5 Å². The van der Waals surface area contributed by atoms with Gasteiger partial charge >= 0.3 is 0 Å². The van der Waals surface area contributed by atoms with E-state index in [1.54, 1.807) is 30.3 Å². The van der Waals surface area contributed by atoms with Gasteiger partial charge in [-0.3, -0.25) is 4.79 Å². The van der Waals surface area contributed by atoms with Gasteiger partial charge in [-0.05, 0) is 18.2 Å². The molecule has 0 radical (unpaired) electrons. The summed E-state index contributed by atoms with van der Waals surface area (Å²) in [4.78, 5) is 11.7. The molecule has 0 spiro atoms. The molecular weight excluding hydrogens is 244 g/mol. The largest absolute Gasteiger partial charge is 0.496 e. The van der Waals surface area contributed by atoms with Gasteiger partial charge in [0.2, 0.25) is 0 Å². The van der Waals surface area contributed by atoms with Crippen LogP contribution in [0.2, 0.25) is 0 Å². The highest BCUT2D eigenvalue weighted by Gasteiger charge is 2.11. The summed E-state index contributed by atoms with van der Waals surface area (Å²) in [5.74, 6) is 0.153. The Balaban J connectivity index is 3.07. The van der Waals surface area contributed by atoms with Gasteiger partial charge < -0.3 is 15.4 Å². The molecule has 6 heteroatoms. The van der Waals surface area contributed by atoms with E-state index in [1.165, 1.54) is 20.4 Å². The predicted molar refractivity (Wildman–Crippen MR) is 69.3 cm³/mol. The number of amides is 1. The number of anilines is 1. The molecule has 1 aromatic carbocycles. The Labute approximate surface area is 110 Å². The highest BCUT2D eigenvalue weighted by atomic mass is 16.5. The van der Waals surface area contributed by atoms with Crippen molar-refractivity contribution in [1.82, 2.24) is 5.32 Å². The fourth-order valence-electron chi connectivity index (χ4n) is 1.35. The minimum atomic E-state index is -0.287. The molecule has 19 heavy (non-hydrogen) atoms. The zero-order valence-electron chi connectivity index (χ0n) is 10.5. The molecule has 1 rings (SSSR count). The number of hydrogen-bond donors (Lipinski definition) is 2. The van der Waals surface area contributed by atoms with Crippen molar-refractivity contribution in [1.29, 1.82) is 10.5 Å². The molecule has 0 bridgehead atoms. The van der Waals surface area contributed by atoms with Gasteiger partial charge in [-0.2, -0.15) is 10.5 Å². The number of methoxy groups -OCH3 is 1. The number of ether oxygens (including phenoxy) is 1. The Hall–Kier alpha value is -2.99. The summed E-state index contributed by atoms with van der Waals surface area (Å²) in [5.41, 5.74) is 0.874. The van der Waals surface area contributed by atoms with Crippen LogP contribution in [-0.2, 0) is 0 Å². The second-order valence-electron chi connectivity index (χ2n) is 3.42. The summed E-state index contributed by atoms with van der Waals surface area (Å²) in [6.07, 6.45) is 1.27. The Kier molecular flexibility index (Phi) is 4.94. The number of hydrogen-bond acceptors (Lipinski definition) is 5. The molecule has 6 nitrogen and oxygen atoms in total. The third kappa shape index (κ3) is 3.48. The van der Waals surface area contributed by atoms with Gasteiger partial charge in [0.1, 0.15) is 23.5 Å². The third-order valence-electron chi connectivity index (χ3n) is 2.30. The van der Waals surface area contributed by atoms with Crippen molar-refractivity contribution in [2.24, 2.45) is 0 Å². The molecule has 1 aromatic rings. The molecule has 0 aliphatic carbocycles. The number of benzene rings is 1. The first-order valence-corrected chi connectivity index (χ1v) is 5.33. The summed E-state index contributed by atoms with van der Waals surface area (Å²) in [6.45, 7) is 0. The second-order valence-corrected chi connectivity index (χ2v) is 3.42. The molecule has 96 valence electrons. The van der Waals surface area contributed by atoms with E-state index in [0.29, 0.717) is 17.0 Å². The van der Waals surface area contributed by atoms with E-state index in [0.717, 1.165) is 0 Å². The number of nitriles is 2. The first-order chi connectivity index (χ1) is 9.15. The van der Waals surface area contributed by atoms with Gasteiger partial charge in [0, 0.05) is 18.9 Å². The molecule has 0 saturated carbocycles. The minimum Gasteiger partial charge on any atom is -0.496 e. The SMILES string of the molecule is CNC(=O)c1cc(NC=C(C#N)C#N)ccc1OC. The lowest BCUT2D eigenvalue weighted by Gasteiger charge is -2.09. The van der Waals surface area contributed by atoms with Crippen LogP contribution in [0, 0.1) is 22.7 Å². The maximum absolute atomic E-state index is 11.7. The Bertz CT molecular complexity index is 578. The van der Waals surface area contributed by atoms with Gasteiger partial charge in [-0.1, -0.05) is 0 Å². The molecule has 0 fully saturated rings. The number of carbonyl (C=O) groups is 1. The molecule has 0 aliphatic heterocycles. The number of allylic oxidation sites excluding steroid dienone is 1. The molecule has 0 atom stereocenters. The molecule has 2 N–H and O–H groups in total. The van der Waals surface area contributed by atoms with Crippen LogP contribution in [0.15, 0.2) is 30.0 Å². The van der Waals surface area contributed by atoms with Crippen molar-refractivity contribution in [3.05, 3.63) is 35.5 Å². The summed E-state index contributed by atoms with van der Waals surface area (Å²) in [5, 5.41) is 22.5. The van der Waals surface area contributed by atoms with Crippen LogP contribution in [-0.4, -0.2) is 20.1 Å². The Morgan fingerprint density at radius 3 is 2.58 bits per heavy atom. The van der Waals surface area contributed by atoms with Crippen molar-refractivity contribution in [3.63, 3.8) is 0 Å². The van der Waals surface area contributed by atoms with E-state index in [9.17, 15) is 4.79 Å². The lowest BCUT2D eigenvalue weighted by Crippen LogP contribution is -2.18. The second kappa shape index (κ2) is 6.67. The number of rotatable bonds is 4. The molecule has 0 aromatic heterocycles. The van der Waals surface area contributed by atoms with E-state index >= 15 is 0 Å². The number of nitrogens with one attached hydrogen (secondary N) is 2. The number of nitrogens with zero attached hydrogens (tertiary/aromatic N) is 2. The van der Waals surface area contributed by atoms with E-state index in [-0.39, 0.29) is 11.5 Å². The maximum Gasteiger partial charge on any atom is 0.254 e. The lowest BCUT2D eigenvalue weighted by atomic mass is 10.1. The average molecular weight is 256 g/mol. The summed E-state index contributed by atoms with van der Waals surface area (Å²) in [7, 11) is 2.99. The van der Waals surface area contributed by atoms with Crippen molar-refractivity contribution >= 4 is 11.6 Å². The highest BCUT2D eigenvalue weighted by molar-refractivity contribution is 5.97. The van der Waals surface area contributed by atoms with Crippen molar-refractivity contribution in [2.45, 2.75) is 0 Å². The minimum absolute atomic E-state index is 0.0580. The van der Waals surface area contributed by atoms with Gasteiger partial charge in [0.25, 0.3) is 5.91 Å². The normalized spacial score (nSPS) is 8.63. The topological polar surface area (TPSA) is 97.9 Å². The van der Waals surface area contributed by atoms with Crippen LogP contribution in [0.4, 0.5) is 5.69 Å². The Morgan fingerprint density at radius 1 is 1.37 bits per heavy atom. The molecule has 0 unspecified atom stereocenters. The number of carbonyl (C=O) groups excluding carboxylic acids is 1. The molecule has 1 amide bonds. The summed E-state index contributed by atoms with van der Waals surface area (Å²) in [6, 6.07) is 8.32. The van der Waals surface area contributed by atoms with Gasteiger partial charge in [-0.15, -0.1) is 0 Å². The van der Waals surface area contributed by atoms with Crippen LogP contribution in [0.3, 0.4) is 0 Å². The third-order valence-corrected chi connectivity index (χ3v) is 2.30. The fourth-order valence-corrected chi connectivity index (χ4v) is 1.35. The first kappa shape index (κ1) is 14.1. The highest BCUT2D eigenvalue weighted by Crippen LogP contribution is 2.22.